The highest BCUT2D eigenvalue weighted by Crippen LogP contribution is 2.39. The molecule has 0 aliphatic carbocycles. The lowest BCUT2D eigenvalue weighted by molar-refractivity contribution is -0.139. The van der Waals surface area contributed by atoms with E-state index in [1.165, 1.54) is 30.3 Å². The monoisotopic (exact) mass is 452 g/mol. The number of likely N-dealkylation sites (N-methyl/N-ethyl adjacent to an activating group) is 1. The van der Waals surface area contributed by atoms with Crippen molar-refractivity contribution in [1.29, 1.82) is 0 Å². The van der Waals surface area contributed by atoms with Crippen LogP contribution in [-0.4, -0.2) is 35.3 Å². The first-order valence-electron chi connectivity index (χ1n) is 8.33. The zero-order valence-corrected chi connectivity index (χ0v) is 17.1. The van der Waals surface area contributed by atoms with Gasteiger partial charge in [0.05, 0.1) is 21.2 Å². The first-order chi connectivity index (χ1) is 13.1. The molecule has 0 bridgehead atoms. The van der Waals surface area contributed by atoms with Gasteiger partial charge >= 0.3 is 6.18 Å². The van der Waals surface area contributed by atoms with Crippen molar-refractivity contribution in [2.75, 3.05) is 24.9 Å². The molecule has 1 aliphatic rings. The lowest BCUT2D eigenvalue weighted by Crippen LogP contribution is -2.23. The quantitative estimate of drug-likeness (QED) is 0.674. The Morgan fingerprint density at radius 3 is 2.57 bits per heavy atom. The van der Waals surface area contributed by atoms with Gasteiger partial charge in [-0.3, -0.25) is 0 Å². The maximum atomic E-state index is 13.3. The summed E-state index contributed by atoms with van der Waals surface area (Å²) >= 11 is 11.9. The lowest BCUT2D eigenvalue weighted by atomic mass is 10.1. The highest BCUT2D eigenvalue weighted by molar-refractivity contribution is 7.86. The molecule has 2 atom stereocenters. The molecule has 0 spiro atoms. The summed E-state index contributed by atoms with van der Waals surface area (Å²) in [4.78, 5) is 2.25. The van der Waals surface area contributed by atoms with E-state index in [9.17, 15) is 17.4 Å². The number of anilines is 1. The average Bonchev–Trinajstić information content (AvgIpc) is 2.98. The van der Waals surface area contributed by atoms with Crippen LogP contribution in [0.1, 0.15) is 12.0 Å². The van der Waals surface area contributed by atoms with Gasteiger partial charge in [0.15, 0.2) is 11.0 Å². The summed E-state index contributed by atoms with van der Waals surface area (Å²) in [6.45, 7) is 1.30. The van der Waals surface area contributed by atoms with E-state index in [0.717, 1.165) is 12.6 Å². The minimum absolute atomic E-state index is 0.190. The Labute approximate surface area is 173 Å². The molecule has 152 valence electrons. The standard InChI is InChI=1S/C18H17Cl2F3N2O2S/c1-25-7-6-13(10-25)27-16-9-12(3-4-14(16)18(21,22)23)24-28(26)17-5-2-11(19)8-15(17)20/h2-5,8-9,13,24H,6-7,10H2,1H3/t13-,28?/m1/s1. The zero-order chi connectivity index (χ0) is 20.5. The summed E-state index contributed by atoms with van der Waals surface area (Å²) in [5, 5.41) is 0.577. The van der Waals surface area contributed by atoms with Gasteiger partial charge in [0, 0.05) is 24.2 Å². The van der Waals surface area contributed by atoms with Crippen molar-refractivity contribution >= 4 is 39.9 Å². The number of likely N-dealkylation sites (tertiary alicyclic amines) is 1. The predicted octanol–water partition coefficient (Wildman–Crippen LogP) is 5.23. The molecule has 0 aromatic heterocycles. The van der Waals surface area contributed by atoms with Crippen molar-refractivity contribution < 1.29 is 22.1 Å². The normalized spacial score (nSPS) is 18.9. The van der Waals surface area contributed by atoms with Gasteiger partial charge in [-0.1, -0.05) is 23.2 Å². The second-order valence-electron chi connectivity index (χ2n) is 6.45. The van der Waals surface area contributed by atoms with Crippen molar-refractivity contribution in [1.82, 2.24) is 4.90 Å². The molecular formula is C18H17Cl2F3N2O2S. The third-order valence-electron chi connectivity index (χ3n) is 4.23. The molecular weight excluding hydrogens is 436 g/mol. The molecule has 1 heterocycles. The predicted molar refractivity (Wildman–Crippen MR) is 104 cm³/mol. The smallest absolute Gasteiger partial charge is 0.419 e. The molecule has 1 saturated heterocycles. The van der Waals surface area contributed by atoms with E-state index < -0.39 is 22.7 Å². The summed E-state index contributed by atoms with van der Waals surface area (Å²) in [6, 6.07) is 7.79. The van der Waals surface area contributed by atoms with Gasteiger partial charge in [-0.05, 0) is 43.8 Å². The Morgan fingerprint density at radius 2 is 1.96 bits per heavy atom. The lowest BCUT2D eigenvalue weighted by Gasteiger charge is -2.19. The number of hydrogen-bond donors (Lipinski definition) is 1. The fraction of sp³-hybridized carbons (Fsp3) is 0.333. The maximum absolute atomic E-state index is 13.3. The fourth-order valence-corrected chi connectivity index (χ4v) is 4.37. The van der Waals surface area contributed by atoms with Gasteiger partial charge in [-0.25, -0.2) is 4.21 Å². The molecule has 0 radical (unpaired) electrons. The number of alkyl halides is 3. The van der Waals surface area contributed by atoms with E-state index in [4.69, 9.17) is 27.9 Å². The van der Waals surface area contributed by atoms with E-state index in [-0.39, 0.29) is 27.5 Å². The third-order valence-corrected chi connectivity index (χ3v) is 6.07. The molecule has 2 aromatic rings. The number of halogens is 5. The molecule has 0 amide bonds. The summed E-state index contributed by atoms with van der Waals surface area (Å²) in [5.74, 6) is -0.294. The van der Waals surface area contributed by atoms with Crippen LogP contribution in [-0.2, 0) is 17.2 Å². The Hall–Kier alpha value is -1.48. The highest BCUT2D eigenvalue weighted by atomic mass is 35.5. The van der Waals surface area contributed by atoms with Crippen LogP contribution in [0, 0.1) is 0 Å². The number of nitrogens with zero attached hydrogens (tertiary/aromatic N) is 1. The summed E-state index contributed by atoms with van der Waals surface area (Å²) in [6.07, 6.45) is -4.26. The van der Waals surface area contributed by atoms with E-state index >= 15 is 0 Å². The van der Waals surface area contributed by atoms with Gasteiger partial charge in [-0.2, -0.15) is 13.2 Å². The minimum Gasteiger partial charge on any atom is -0.488 e. The average molecular weight is 453 g/mol. The van der Waals surface area contributed by atoms with Gasteiger partial charge < -0.3 is 14.4 Å². The van der Waals surface area contributed by atoms with Crippen molar-refractivity contribution in [3.8, 4) is 5.75 Å². The minimum atomic E-state index is -4.56. The molecule has 1 aliphatic heterocycles. The van der Waals surface area contributed by atoms with E-state index in [0.29, 0.717) is 18.0 Å². The molecule has 10 heteroatoms. The summed E-state index contributed by atoms with van der Waals surface area (Å²) in [7, 11) is 0.0944. The number of ether oxygens (including phenoxy) is 1. The van der Waals surface area contributed by atoms with Crippen molar-refractivity contribution in [2.24, 2.45) is 0 Å². The first-order valence-corrected chi connectivity index (χ1v) is 10.2. The molecule has 1 N–H and O–H groups in total. The van der Waals surface area contributed by atoms with Gasteiger partial charge in [0.25, 0.3) is 0 Å². The molecule has 4 nitrogen and oxygen atoms in total. The van der Waals surface area contributed by atoms with Crippen LogP contribution in [0.4, 0.5) is 18.9 Å². The van der Waals surface area contributed by atoms with Crippen molar-refractivity contribution in [3.05, 3.63) is 52.0 Å². The van der Waals surface area contributed by atoms with Crippen LogP contribution in [0.15, 0.2) is 41.3 Å². The van der Waals surface area contributed by atoms with Crippen LogP contribution in [0.2, 0.25) is 10.0 Å². The van der Waals surface area contributed by atoms with E-state index in [1.807, 2.05) is 11.9 Å². The second kappa shape index (κ2) is 8.49. The molecule has 0 saturated carbocycles. The van der Waals surface area contributed by atoms with Gasteiger partial charge in [0.1, 0.15) is 11.9 Å². The molecule has 1 unspecified atom stereocenters. The fourth-order valence-electron chi connectivity index (χ4n) is 2.88. The number of nitrogens with one attached hydrogen (secondary N) is 1. The first kappa shape index (κ1) is 21.2. The summed E-state index contributed by atoms with van der Waals surface area (Å²) in [5.41, 5.74) is -0.651. The Balaban J connectivity index is 1.85. The maximum Gasteiger partial charge on any atom is 0.419 e. The zero-order valence-electron chi connectivity index (χ0n) is 14.7. The number of rotatable bonds is 5. The third kappa shape index (κ3) is 5.11. The van der Waals surface area contributed by atoms with Crippen LogP contribution >= 0.6 is 23.2 Å². The second-order valence-corrected chi connectivity index (χ2v) is 8.47. The van der Waals surface area contributed by atoms with Gasteiger partial charge in [0.2, 0.25) is 0 Å². The van der Waals surface area contributed by atoms with E-state index in [1.54, 1.807) is 0 Å². The van der Waals surface area contributed by atoms with Crippen LogP contribution < -0.4 is 9.46 Å². The number of hydrogen-bond acceptors (Lipinski definition) is 3. The Morgan fingerprint density at radius 1 is 1.21 bits per heavy atom. The largest absolute Gasteiger partial charge is 0.488 e. The summed E-state index contributed by atoms with van der Waals surface area (Å²) < 4.78 is 60.9. The van der Waals surface area contributed by atoms with E-state index in [2.05, 4.69) is 4.72 Å². The Kier molecular flexibility index (Phi) is 6.44. The highest BCUT2D eigenvalue weighted by Gasteiger charge is 2.35. The molecule has 1 fully saturated rings. The topological polar surface area (TPSA) is 41.6 Å². The van der Waals surface area contributed by atoms with Crippen LogP contribution in [0.5, 0.6) is 5.75 Å². The van der Waals surface area contributed by atoms with Crippen molar-refractivity contribution in [2.45, 2.75) is 23.6 Å². The molecule has 3 rings (SSSR count). The van der Waals surface area contributed by atoms with Crippen LogP contribution in [0.3, 0.4) is 0 Å². The molecule has 2 aromatic carbocycles. The Bertz CT molecular complexity index is 896. The number of benzene rings is 2. The SMILES string of the molecule is CN1CC[C@@H](Oc2cc(NS(=O)c3ccc(Cl)cc3Cl)ccc2C(F)(F)F)C1. The van der Waals surface area contributed by atoms with Gasteiger partial charge in [-0.15, -0.1) is 0 Å². The van der Waals surface area contributed by atoms with Crippen LogP contribution in [0.25, 0.3) is 0 Å². The molecule has 28 heavy (non-hydrogen) atoms. The van der Waals surface area contributed by atoms with Crippen molar-refractivity contribution in [3.63, 3.8) is 0 Å².